The molecule has 1 amide bonds. The Hall–Kier alpha value is -4.02. The molecular formula is C33H34ClFN6O2S. The normalized spacial score (nSPS) is 15.4. The Bertz CT molecular complexity index is 1610. The summed E-state index contributed by atoms with van der Waals surface area (Å²) in [5.74, 6) is 2.03. The number of carbonyl (C=O) groups excluding carboxylic acids is 1. The molecule has 0 aliphatic carbocycles. The van der Waals surface area contributed by atoms with Crippen molar-refractivity contribution in [1.82, 2.24) is 14.9 Å². The van der Waals surface area contributed by atoms with Crippen molar-refractivity contribution in [2.24, 2.45) is 0 Å². The number of ether oxygens (including phenoxy) is 1. The molecule has 1 aromatic heterocycles. The van der Waals surface area contributed by atoms with Gasteiger partial charge in [-0.15, -0.1) is 0 Å². The average molecular weight is 633 g/mol. The van der Waals surface area contributed by atoms with Crippen LogP contribution in [0.15, 0.2) is 84.0 Å². The number of benzene rings is 3. The van der Waals surface area contributed by atoms with Crippen molar-refractivity contribution < 1.29 is 13.9 Å². The van der Waals surface area contributed by atoms with E-state index in [1.54, 1.807) is 19.2 Å². The first-order chi connectivity index (χ1) is 21.5. The van der Waals surface area contributed by atoms with Crippen LogP contribution in [0.5, 0.6) is 5.75 Å². The third-order valence-corrected chi connectivity index (χ3v) is 9.10. The van der Waals surface area contributed by atoms with Gasteiger partial charge in [-0.3, -0.25) is 4.79 Å². The largest absolute Gasteiger partial charge is 0.495 e. The Morgan fingerprint density at radius 1 is 0.818 bits per heavy atom. The van der Waals surface area contributed by atoms with Gasteiger partial charge in [-0.1, -0.05) is 59.8 Å². The second kappa shape index (κ2) is 13.7. The van der Waals surface area contributed by atoms with Crippen LogP contribution in [0.3, 0.4) is 0 Å². The topological polar surface area (TPSA) is 65.0 Å². The Kier molecular flexibility index (Phi) is 9.37. The summed E-state index contributed by atoms with van der Waals surface area (Å²) < 4.78 is 19.8. The zero-order chi connectivity index (χ0) is 30.5. The summed E-state index contributed by atoms with van der Waals surface area (Å²) in [5.41, 5.74) is 3.36. The molecule has 2 fully saturated rings. The van der Waals surface area contributed by atoms with Gasteiger partial charge in [0.25, 0.3) is 5.91 Å². The number of methoxy groups -OCH3 is 1. The lowest BCUT2D eigenvalue weighted by molar-refractivity contribution is 0.0746. The van der Waals surface area contributed by atoms with Gasteiger partial charge in [-0.05, 0) is 42.0 Å². The molecular weight excluding hydrogens is 599 g/mol. The Balaban J connectivity index is 1.05. The number of hydrogen-bond donors (Lipinski definition) is 0. The molecule has 44 heavy (non-hydrogen) atoms. The lowest BCUT2D eigenvalue weighted by Gasteiger charge is -2.36. The van der Waals surface area contributed by atoms with Gasteiger partial charge in [0.1, 0.15) is 22.5 Å². The molecule has 0 spiro atoms. The van der Waals surface area contributed by atoms with Gasteiger partial charge in [0.05, 0.1) is 18.5 Å². The van der Waals surface area contributed by atoms with Crippen molar-refractivity contribution in [1.29, 1.82) is 0 Å². The van der Waals surface area contributed by atoms with Crippen LogP contribution < -0.4 is 19.4 Å². The highest BCUT2D eigenvalue weighted by Gasteiger charge is 2.24. The standard InChI is InChI=1S/C33H34ClFN6O2S/c1-43-29-12-5-4-11-28(29)39-15-19-41(20-16-39)32(42)25-8-6-7-24(21-25)23-44-33-36-30(34)22-31(37-33)40-17-13-38(14-18-40)27-10-3-2-9-26(27)35/h2-12,21-22H,13-20,23H2,1H3. The van der Waals surface area contributed by atoms with E-state index in [0.717, 1.165) is 35.9 Å². The van der Waals surface area contributed by atoms with E-state index in [1.165, 1.54) is 17.8 Å². The fraction of sp³-hybridized carbons (Fsp3) is 0.303. The fourth-order valence-electron chi connectivity index (χ4n) is 5.66. The highest BCUT2D eigenvalue weighted by molar-refractivity contribution is 7.98. The van der Waals surface area contributed by atoms with Crippen molar-refractivity contribution in [2.45, 2.75) is 10.9 Å². The van der Waals surface area contributed by atoms with Gasteiger partial charge in [0.2, 0.25) is 0 Å². The molecule has 8 nitrogen and oxygen atoms in total. The van der Waals surface area contributed by atoms with Crippen LogP contribution in [0.25, 0.3) is 0 Å². The fourth-order valence-corrected chi connectivity index (χ4v) is 6.69. The maximum Gasteiger partial charge on any atom is 0.253 e. The Morgan fingerprint density at radius 2 is 1.48 bits per heavy atom. The van der Waals surface area contributed by atoms with E-state index in [4.69, 9.17) is 21.3 Å². The molecule has 2 saturated heterocycles. The number of para-hydroxylation sites is 3. The summed E-state index contributed by atoms with van der Waals surface area (Å²) >= 11 is 7.89. The van der Waals surface area contributed by atoms with E-state index >= 15 is 0 Å². The predicted octanol–water partition coefficient (Wildman–Crippen LogP) is 5.86. The summed E-state index contributed by atoms with van der Waals surface area (Å²) in [5, 5.41) is 0.957. The second-order valence-electron chi connectivity index (χ2n) is 10.7. The molecule has 2 aliphatic rings. The van der Waals surface area contributed by atoms with Crippen LogP contribution in [-0.4, -0.2) is 80.2 Å². The molecule has 0 atom stereocenters. The summed E-state index contributed by atoms with van der Waals surface area (Å²) in [6.07, 6.45) is 0. The monoisotopic (exact) mass is 632 g/mol. The van der Waals surface area contributed by atoms with E-state index < -0.39 is 0 Å². The van der Waals surface area contributed by atoms with Crippen molar-refractivity contribution in [2.75, 3.05) is 74.2 Å². The molecule has 228 valence electrons. The van der Waals surface area contributed by atoms with E-state index in [0.29, 0.717) is 66.6 Å². The van der Waals surface area contributed by atoms with Gasteiger partial charge in [0, 0.05) is 69.7 Å². The second-order valence-corrected chi connectivity index (χ2v) is 12.0. The number of rotatable bonds is 8. The molecule has 6 rings (SSSR count). The molecule has 11 heteroatoms. The minimum Gasteiger partial charge on any atom is -0.495 e. The van der Waals surface area contributed by atoms with E-state index in [2.05, 4.69) is 25.8 Å². The first-order valence-corrected chi connectivity index (χ1v) is 16.0. The summed E-state index contributed by atoms with van der Waals surface area (Å²) in [6, 6.07) is 24.4. The minimum absolute atomic E-state index is 0.0346. The zero-order valence-electron chi connectivity index (χ0n) is 24.5. The molecule has 0 radical (unpaired) electrons. The van der Waals surface area contributed by atoms with Gasteiger partial charge >= 0.3 is 0 Å². The number of aromatic nitrogens is 2. The molecule has 0 saturated carbocycles. The molecule has 0 bridgehead atoms. The lowest BCUT2D eigenvalue weighted by atomic mass is 10.1. The van der Waals surface area contributed by atoms with Gasteiger partial charge in [0.15, 0.2) is 5.16 Å². The Labute approximate surface area is 266 Å². The number of anilines is 3. The smallest absolute Gasteiger partial charge is 0.253 e. The first kappa shape index (κ1) is 30.0. The number of amides is 1. The van der Waals surface area contributed by atoms with E-state index in [1.807, 2.05) is 59.5 Å². The molecule has 2 aliphatic heterocycles. The first-order valence-electron chi connectivity index (χ1n) is 14.7. The van der Waals surface area contributed by atoms with Gasteiger partial charge < -0.3 is 24.3 Å². The summed E-state index contributed by atoms with van der Waals surface area (Å²) in [7, 11) is 1.68. The maximum atomic E-state index is 14.3. The molecule has 3 heterocycles. The van der Waals surface area contributed by atoms with Crippen LogP contribution in [0.1, 0.15) is 15.9 Å². The molecule has 0 unspecified atom stereocenters. The number of nitrogens with zero attached hydrogens (tertiary/aromatic N) is 6. The lowest BCUT2D eigenvalue weighted by Crippen LogP contribution is -2.48. The highest BCUT2D eigenvalue weighted by atomic mass is 35.5. The Morgan fingerprint density at radius 3 is 2.23 bits per heavy atom. The van der Waals surface area contributed by atoms with Gasteiger partial charge in [-0.25, -0.2) is 14.4 Å². The van der Waals surface area contributed by atoms with Crippen molar-refractivity contribution in [3.8, 4) is 5.75 Å². The zero-order valence-corrected chi connectivity index (χ0v) is 26.1. The van der Waals surface area contributed by atoms with Crippen LogP contribution >= 0.6 is 23.4 Å². The third-order valence-electron chi connectivity index (χ3n) is 7.99. The van der Waals surface area contributed by atoms with E-state index in [9.17, 15) is 9.18 Å². The molecule has 0 N–H and O–H groups in total. The van der Waals surface area contributed by atoms with E-state index in [-0.39, 0.29) is 11.7 Å². The molecule has 3 aromatic carbocycles. The maximum absolute atomic E-state index is 14.3. The third kappa shape index (κ3) is 6.87. The van der Waals surface area contributed by atoms with Crippen molar-refractivity contribution >= 4 is 46.5 Å². The van der Waals surface area contributed by atoms with Crippen LogP contribution in [0.4, 0.5) is 21.6 Å². The van der Waals surface area contributed by atoms with Gasteiger partial charge in [-0.2, -0.15) is 0 Å². The summed E-state index contributed by atoms with van der Waals surface area (Å²) in [4.78, 5) is 31.0. The summed E-state index contributed by atoms with van der Waals surface area (Å²) in [6.45, 7) is 5.53. The number of halogens is 2. The number of piperazine rings is 2. The molecule has 4 aromatic rings. The predicted molar refractivity (Wildman–Crippen MR) is 175 cm³/mol. The number of carbonyl (C=O) groups is 1. The van der Waals surface area contributed by atoms with Crippen molar-refractivity contribution in [3.63, 3.8) is 0 Å². The highest BCUT2D eigenvalue weighted by Crippen LogP contribution is 2.30. The minimum atomic E-state index is -0.206. The number of hydrogen-bond acceptors (Lipinski definition) is 8. The SMILES string of the molecule is COc1ccccc1N1CCN(C(=O)c2cccc(CSc3nc(Cl)cc(N4CCN(c5ccccc5F)CC4)n3)c2)CC1. The quantitative estimate of drug-likeness (QED) is 0.136. The van der Waals surface area contributed by atoms with Crippen LogP contribution in [-0.2, 0) is 5.75 Å². The van der Waals surface area contributed by atoms with Crippen LogP contribution in [0.2, 0.25) is 5.15 Å². The average Bonchev–Trinajstić information content (AvgIpc) is 3.07. The van der Waals surface area contributed by atoms with Crippen LogP contribution in [0, 0.1) is 5.82 Å². The number of thioether (sulfide) groups is 1. The van der Waals surface area contributed by atoms with Crippen molar-refractivity contribution in [3.05, 3.63) is 101 Å².